The van der Waals surface area contributed by atoms with Gasteiger partial charge >= 0.3 is 0 Å². The summed E-state index contributed by atoms with van der Waals surface area (Å²) in [5, 5.41) is 9.13. The first-order valence-electron chi connectivity index (χ1n) is 9.45. The molecule has 0 bridgehead atoms. The highest BCUT2D eigenvalue weighted by atomic mass is 32.2. The van der Waals surface area contributed by atoms with Gasteiger partial charge in [-0.1, -0.05) is 33.6 Å². The number of hydroxylamine groups is 1. The number of sulfone groups is 1. The molecule has 1 aliphatic carbocycles. The maximum Gasteiger partial charge on any atom is 0.265 e. The second-order valence-electron chi connectivity index (χ2n) is 7.66. The first-order valence-corrected chi connectivity index (χ1v) is 10.9. The molecule has 1 aromatic rings. The Hall–Kier alpha value is -1.60. The minimum Gasteiger partial charge on any atom is -0.372 e. The van der Waals surface area contributed by atoms with E-state index in [0.717, 1.165) is 44.0 Å². The van der Waals surface area contributed by atoms with Gasteiger partial charge in [-0.15, -0.1) is 0 Å². The topological polar surface area (TPSA) is 86.7 Å². The number of hydrogen-bond acceptors (Lipinski definition) is 5. The van der Waals surface area contributed by atoms with Gasteiger partial charge in [0.15, 0.2) is 14.6 Å². The van der Waals surface area contributed by atoms with Crippen LogP contribution in [0.2, 0.25) is 0 Å². The quantitative estimate of drug-likeness (QED) is 0.600. The lowest BCUT2D eigenvalue weighted by Crippen LogP contribution is -2.52. The fourth-order valence-electron chi connectivity index (χ4n) is 4.17. The van der Waals surface area contributed by atoms with Crippen LogP contribution in [0.4, 0.5) is 5.69 Å². The van der Waals surface area contributed by atoms with Crippen LogP contribution < -0.4 is 10.4 Å². The summed E-state index contributed by atoms with van der Waals surface area (Å²) in [4.78, 5) is 14.7. The molecule has 152 valence electrons. The third-order valence-corrected chi connectivity index (χ3v) is 8.50. The largest absolute Gasteiger partial charge is 0.372 e. The van der Waals surface area contributed by atoms with E-state index in [4.69, 9.17) is 5.21 Å². The maximum absolute atomic E-state index is 13.3. The summed E-state index contributed by atoms with van der Waals surface area (Å²) in [7, 11) is -3.88. The van der Waals surface area contributed by atoms with Gasteiger partial charge in [0, 0.05) is 18.8 Å². The van der Waals surface area contributed by atoms with Gasteiger partial charge in [-0.2, -0.15) is 0 Å². The van der Waals surface area contributed by atoms with Crippen molar-refractivity contribution in [3.8, 4) is 0 Å². The molecule has 1 heterocycles. The summed E-state index contributed by atoms with van der Waals surface area (Å²) >= 11 is 0. The minimum atomic E-state index is -3.88. The summed E-state index contributed by atoms with van der Waals surface area (Å²) < 4.78 is 24.9. The molecule has 0 spiro atoms. The lowest BCUT2D eigenvalue weighted by Gasteiger charge is -2.35. The summed E-state index contributed by atoms with van der Waals surface area (Å²) in [6, 6.07) is 6.86. The second kappa shape index (κ2) is 8.61. The highest BCUT2D eigenvalue weighted by Gasteiger charge is 2.51. The van der Waals surface area contributed by atoms with Gasteiger partial charge in [0.2, 0.25) is 0 Å². The van der Waals surface area contributed by atoms with Crippen LogP contribution in [0.25, 0.3) is 0 Å². The van der Waals surface area contributed by atoms with E-state index in [-0.39, 0.29) is 25.2 Å². The van der Waals surface area contributed by atoms with Gasteiger partial charge in [0.1, 0.15) is 0 Å². The average molecular weight is 397 g/mol. The number of nitrogens with zero attached hydrogens (tertiary/aromatic N) is 1. The zero-order valence-corrected chi connectivity index (χ0v) is 16.1. The number of amides is 1. The van der Waals surface area contributed by atoms with E-state index >= 15 is 0 Å². The van der Waals surface area contributed by atoms with E-state index in [0.29, 0.717) is 12.8 Å². The van der Waals surface area contributed by atoms with Crippen molar-refractivity contribution < 1.29 is 18.4 Å². The molecule has 0 aromatic heterocycles. The Morgan fingerprint density at radius 2 is 1.67 bits per heavy atom. The van der Waals surface area contributed by atoms with E-state index in [2.05, 4.69) is 11.8 Å². The van der Waals surface area contributed by atoms with E-state index in [1.54, 1.807) is 17.6 Å². The number of carbonyl (C=O) groups is 1. The van der Waals surface area contributed by atoms with Crippen molar-refractivity contribution in [2.24, 2.45) is 5.92 Å². The first kappa shape index (κ1) is 21.7. The van der Waals surface area contributed by atoms with Gasteiger partial charge in [0.05, 0.1) is 4.90 Å². The molecule has 27 heavy (non-hydrogen) atoms. The Kier molecular flexibility index (Phi) is 6.92. The predicted octanol–water partition coefficient (Wildman–Crippen LogP) is 3.54. The molecule has 7 heteroatoms. The lowest BCUT2D eigenvalue weighted by atomic mass is 9.88. The average Bonchev–Trinajstić information content (AvgIpc) is 2.68. The van der Waals surface area contributed by atoms with Crippen molar-refractivity contribution >= 4 is 21.4 Å². The molecule has 2 fully saturated rings. The number of hydrogen-bond donors (Lipinski definition) is 2. The number of rotatable bonds is 4. The molecule has 1 amide bonds. The second-order valence-corrected chi connectivity index (χ2v) is 9.92. The monoisotopic (exact) mass is 396 g/mol. The Morgan fingerprint density at radius 1 is 1.11 bits per heavy atom. The van der Waals surface area contributed by atoms with Gasteiger partial charge in [-0.05, 0) is 55.9 Å². The molecule has 2 aliphatic rings. The number of nitrogens with one attached hydrogen (secondary N) is 1. The maximum atomic E-state index is 13.3. The van der Waals surface area contributed by atoms with Crippen molar-refractivity contribution in [3.63, 3.8) is 0 Å². The van der Waals surface area contributed by atoms with Crippen molar-refractivity contribution in [2.45, 2.75) is 68.9 Å². The van der Waals surface area contributed by atoms with Crippen molar-refractivity contribution in [2.75, 3.05) is 18.0 Å². The zero-order chi connectivity index (χ0) is 18.8. The van der Waals surface area contributed by atoms with Gasteiger partial charge in [-0.25, -0.2) is 13.9 Å². The third kappa shape index (κ3) is 3.99. The van der Waals surface area contributed by atoms with Crippen LogP contribution in [0, 0.1) is 5.92 Å². The molecule has 1 aliphatic heterocycles. The molecular formula is C20H32N2O4S. The van der Waals surface area contributed by atoms with E-state index in [1.165, 1.54) is 0 Å². The standard InChI is InChI=1S/C19H28N2O4S.CH4/c1-15-9-13-21(14-10-15)16-5-7-17(8-6-16)26(24,25)19(18(22)20-23)11-3-2-4-12-19;/h5-8,15,23H,2-4,9-14H2,1H3,(H,20,22);1H4. The van der Waals surface area contributed by atoms with Crippen LogP contribution in [0.1, 0.15) is 59.3 Å². The van der Waals surface area contributed by atoms with Crippen LogP contribution >= 0.6 is 0 Å². The van der Waals surface area contributed by atoms with Crippen molar-refractivity contribution in [1.82, 2.24) is 5.48 Å². The summed E-state index contributed by atoms with van der Waals surface area (Å²) in [5.74, 6) is -0.0830. The SMILES string of the molecule is C.CC1CCN(c2ccc(S(=O)(=O)C3(C(=O)NO)CCCCC3)cc2)CC1. The summed E-state index contributed by atoms with van der Waals surface area (Å²) in [6.45, 7) is 4.21. The van der Waals surface area contributed by atoms with Crippen LogP contribution in [-0.4, -0.2) is 37.4 Å². The van der Waals surface area contributed by atoms with Crippen molar-refractivity contribution in [3.05, 3.63) is 24.3 Å². The molecule has 3 rings (SSSR count). The van der Waals surface area contributed by atoms with Gasteiger partial charge < -0.3 is 4.90 Å². The molecule has 0 unspecified atom stereocenters. The molecule has 1 saturated carbocycles. The molecule has 0 radical (unpaired) electrons. The molecule has 6 nitrogen and oxygen atoms in total. The molecular weight excluding hydrogens is 364 g/mol. The van der Waals surface area contributed by atoms with Crippen LogP contribution in [0.15, 0.2) is 29.2 Å². The molecule has 1 aromatic carbocycles. The van der Waals surface area contributed by atoms with Gasteiger partial charge in [0.25, 0.3) is 5.91 Å². The van der Waals surface area contributed by atoms with Gasteiger partial charge in [-0.3, -0.25) is 10.0 Å². The van der Waals surface area contributed by atoms with Crippen molar-refractivity contribution in [1.29, 1.82) is 0 Å². The highest BCUT2D eigenvalue weighted by Crippen LogP contribution is 2.39. The Morgan fingerprint density at radius 3 is 2.19 bits per heavy atom. The Bertz CT molecular complexity index is 732. The smallest absolute Gasteiger partial charge is 0.265 e. The van der Waals surface area contributed by atoms with E-state index in [9.17, 15) is 13.2 Å². The number of carbonyl (C=O) groups excluding carboxylic acids is 1. The predicted molar refractivity (Wildman–Crippen MR) is 107 cm³/mol. The van der Waals surface area contributed by atoms with E-state index in [1.807, 2.05) is 12.1 Å². The highest BCUT2D eigenvalue weighted by molar-refractivity contribution is 7.93. The number of piperidine rings is 1. The zero-order valence-electron chi connectivity index (χ0n) is 15.3. The van der Waals surface area contributed by atoms with E-state index < -0.39 is 20.5 Å². The van der Waals surface area contributed by atoms with Crippen LogP contribution in [0.3, 0.4) is 0 Å². The molecule has 0 atom stereocenters. The lowest BCUT2D eigenvalue weighted by molar-refractivity contribution is -0.132. The normalized spacial score (nSPS) is 20.6. The fourth-order valence-corrected chi connectivity index (χ4v) is 6.23. The molecule has 2 N–H and O–H groups in total. The summed E-state index contributed by atoms with van der Waals surface area (Å²) in [5.41, 5.74) is 2.61. The summed E-state index contributed by atoms with van der Waals surface area (Å²) in [6.07, 6.45) is 5.00. The minimum absolute atomic E-state index is 0. The third-order valence-electron chi connectivity index (χ3n) is 5.99. The Labute approximate surface area is 162 Å². The molecule has 1 saturated heterocycles. The number of anilines is 1. The first-order chi connectivity index (χ1) is 12.4. The number of benzene rings is 1. The van der Waals surface area contributed by atoms with Crippen LogP contribution in [-0.2, 0) is 14.6 Å². The Balaban J connectivity index is 0.00000261. The van der Waals surface area contributed by atoms with Crippen LogP contribution in [0.5, 0.6) is 0 Å². The fraction of sp³-hybridized carbons (Fsp3) is 0.650.